The minimum Gasteiger partial charge on any atom is -0.396 e. The van der Waals surface area contributed by atoms with E-state index in [1.165, 1.54) is 0 Å². The van der Waals surface area contributed by atoms with Gasteiger partial charge in [0.15, 0.2) is 0 Å². The maximum atomic E-state index is 11.2. The maximum absolute atomic E-state index is 11.2. The van der Waals surface area contributed by atoms with Gasteiger partial charge in [-0.05, 0) is 12.8 Å². The Labute approximate surface area is 96.8 Å². The number of carbonyl (C=O) groups excluding carboxylic acids is 1. The molecule has 16 heavy (non-hydrogen) atoms. The van der Waals surface area contributed by atoms with Gasteiger partial charge >= 0.3 is 0 Å². The van der Waals surface area contributed by atoms with Crippen molar-refractivity contribution < 1.29 is 19.7 Å². The Morgan fingerprint density at radius 1 is 1.00 bits per heavy atom. The first-order valence-corrected chi connectivity index (χ1v) is 5.87. The molecular weight excluding hydrogens is 210 g/mol. The molecule has 1 amide bonds. The Balaban J connectivity index is 3.11. The smallest absolute Gasteiger partial charge is 0.222 e. The summed E-state index contributed by atoms with van der Waals surface area (Å²) in [5, 5.41) is 19.8. The Kier molecular flexibility index (Phi) is 11.9. The highest BCUT2D eigenvalue weighted by molar-refractivity contribution is 5.75. The molecule has 0 spiro atoms. The van der Waals surface area contributed by atoms with E-state index in [1.807, 2.05) is 0 Å². The van der Waals surface area contributed by atoms with Crippen LogP contribution in [0.3, 0.4) is 0 Å². The number of hydrogen-bond donors (Lipinski definition) is 3. The zero-order valence-corrected chi connectivity index (χ0v) is 9.78. The van der Waals surface area contributed by atoms with Crippen LogP contribution >= 0.6 is 0 Å². The van der Waals surface area contributed by atoms with Gasteiger partial charge in [0.05, 0.1) is 19.8 Å². The van der Waals surface area contributed by atoms with E-state index in [0.717, 1.165) is 25.7 Å². The molecule has 0 aromatic carbocycles. The highest BCUT2D eigenvalue weighted by Gasteiger charge is 1.99. The predicted molar refractivity (Wildman–Crippen MR) is 61.1 cm³/mol. The first-order chi connectivity index (χ1) is 7.81. The van der Waals surface area contributed by atoms with Gasteiger partial charge < -0.3 is 20.3 Å². The van der Waals surface area contributed by atoms with E-state index >= 15 is 0 Å². The van der Waals surface area contributed by atoms with Crippen molar-refractivity contribution in [1.29, 1.82) is 0 Å². The van der Waals surface area contributed by atoms with Gasteiger partial charge in [-0.2, -0.15) is 0 Å². The quantitative estimate of drug-likeness (QED) is 0.441. The van der Waals surface area contributed by atoms with E-state index < -0.39 is 0 Å². The van der Waals surface area contributed by atoms with Crippen LogP contribution < -0.4 is 5.32 Å². The zero-order valence-electron chi connectivity index (χ0n) is 9.78. The second kappa shape index (κ2) is 12.4. The van der Waals surface area contributed by atoms with E-state index in [2.05, 4.69) is 5.32 Å². The number of rotatable bonds is 11. The summed E-state index contributed by atoms with van der Waals surface area (Å²) in [6, 6.07) is 0. The van der Waals surface area contributed by atoms with Crippen LogP contribution in [0.2, 0.25) is 0 Å². The van der Waals surface area contributed by atoms with Crippen LogP contribution in [0.4, 0.5) is 0 Å². The van der Waals surface area contributed by atoms with Crippen molar-refractivity contribution in [3.8, 4) is 0 Å². The summed E-state index contributed by atoms with van der Waals surface area (Å²) in [5.74, 6) is -0.0138. The summed E-state index contributed by atoms with van der Waals surface area (Å²) in [7, 11) is 0. The van der Waals surface area contributed by atoms with Gasteiger partial charge in [0.2, 0.25) is 5.91 Å². The number of unbranched alkanes of at least 4 members (excludes halogenated alkanes) is 3. The predicted octanol–water partition coefficient (Wildman–Crippen LogP) is 0.0543. The molecule has 0 aromatic heterocycles. The van der Waals surface area contributed by atoms with Crippen molar-refractivity contribution in [3.05, 3.63) is 0 Å². The number of nitrogens with one attached hydrogen (secondary N) is 1. The molecule has 0 heterocycles. The van der Waals surface area contributed by atoms with Gasteiger partial charge in [0, 0.05) is 19.6 Å². The van der Waals surface area contributed by atoms with E-state index in [4.69, 9.17) is 14.9 Å². The molecule has 96 valence electrons. The molecule has 0 saturated heterocycles. The third-order valence-electron chi connectivity index (χ3n) is 2.12. The van der Waals surface area contributed by atoms with Crippen molar-refractivity contribution in [2.45, 2.75) is 32.1 Å². The van der Waals surface area contributed by atoms with Crippen LogP contribution in [-0.4, -0.2) is 49.1 Å². The van der Waals surface area contributed by atoms with Gasteiger partial charge in [-0.15, -0.1) is 0 Å². The number of ether oxygens (including phenoxy) is 1. The highest BCUT2D eigenvalue weighted by Crippen LogP contribution is 1.97. The number of carbonyl (C=O) groups is 1. The first-order valence-electron chi connectivity index (χ1n) is 5.87. The molecule has 0 aliphatic heterocycles. The van der Waals surface area contributed by atoms with Crippen LogP contribution in [0.1, 0.15) is 32.1 Å². The monoisotopic (exact) mass is 233 g/mol. The van der Waals surface area contributed by atoms with Crippen LogP contribution in [0.5, 0.6) is 0 Å². The topological polar surface area (TPSA) is 78.8 Å². The standard InChI is InChI=1S/C11H23NO4/c13-7-4-2-1-3-6-12-11(15)5-9-16-10-8-14/h13-14H,1-10H2,(H,12,15). The van der Waals surface area contributed by atoms with Crippen molar-refractivity contribution >= 4 is 5.91 Å². The van der Waals surface area contributed by atoms with Crippen molar-refractivity contribution in [2.75, 3.05) is 33.0 Å². The Hall–Kier alpha value is -0.650. The summed E-state index contributed by atoms with van der Waals surface area (Å²) in [4.78, 5) is 11.2. The molecule has 5 nitrogen and oxygen atoms in total. The molecule has 0 aliphatic rings. The minimum atomic E-state index is -0.0138. The second-order valence-corrected chi connectivity index (χ2v) is 3.57. The third-order valence-corrected chi connectivity index (χ3v) is 2.12. The molecule has 0 saturated carbocycles. The summed E-state index contributed by atoms with van der Waals surface area (Å²) >= 11 is 0. The fraction of sp³-hybridized carbons (Fsp3) is 0.909. The largest absolute Gasteiger partial charge is 0.396 e. The fourth-order valence-electron chi connectivity index (χ4n) is 1.24. The van der Waals surface area contributed by atoms with E-state index in [0.29, 0.717) is 19.6 Å². The molecule has 5 heteroatoms. The van der Waals surface area contributed by atoms with Crippen molar-refractivity contribution in [1.82, 2.24) is 5.32 Å². The number of aliphatic hydroxyl groups is 2. The van der Waals surface area contributed by atoms with E-state index in [9.17, 15) is 4.79 Å². The molecule has 0 aliphatic carbocycles. The average Bonchev–Trinajstić information content (AvgIpc) is 2.29. The van der Waals surface area contributed by atoms with Crippen LogP contribution in [-0.2, 0) is 9.53 Å². The lowest BCUT2D eigenvalue weighted by Crippen LogP contribution is -2.25. The molecule has 0 bridgehead atoms. The molecular formula is C11H23NO4. The maximum Gasteiger partial charge on any atom is 0.222 e. The van der Waals surface area contributed by atoms with Crippen molar-refractivity contribution in [2.24, 2.45) is 0 Å². The molecule has 0 atom stereocenters. The van der Waals surface area contributed by atoms with Crippen LogP contribution in [0, 0.1) is 0 Å². The van der Waals surface area contributed by atoms with Gasteiger partial charge in [0.1, 0.15) is 0 Å². The Morgan fingerprint density at radius 2 is 1.75 bits per heavy atom. The van der Waals surface area contributed by atoms with Crippen molar-refractivity contribution in [3.63, 3.8) is 0 Å². The Bertz CT molecular complexity index is 164. The normalized spacial score (nSPS) is 10.4. The van der Waals surface area contributed by atoms with Gasteiger partial charge in [-0.3, -0.25) is 4.79 Å². The number of hydrogen-bond acceptors (Lipinski definition) is 4. The highest BCUT2D eigenvalue weighted by atomic mass is 16.5. The third kappa shape index (κ3) is 11.4. The molecule has 3 N–H and O–H groups in total. The minimum absolute atomic E-state index is 0.00746. The lowest BCUT2D eigenvalue weighted by atomic mass is 10.2. The molecule has 0 rings (SSSR count). The van der Waals surface area contributed by atoms with Gasteiger partial charge in [-0.1, -0.05) is 12.8 Å². The number of amides is 1. The Morgan fingerprint density at radius 3 is 2.44 bits per heavy atom. The van der Waals surface area contributed by atoms with Gasteiger partial charge in [0.25, 0.3) is 0 Å². The molecule has 0 fully saturated rings. The zero-order chi connectivity index (χ0) is 12.1. The lowest BCUT2D eigenvalue weighted by molar-refractivity contribution is -0.122. The van der Waals surface area contributed by atoms with E-state index in [-0.39, 0.29) is 25.7 Å². The lowest BCUT2D eigenvalue weighted by Gasteiger charge is -2.05. The summed E-state index contributed by atoms with van der Waals surface area (Å²) in [6.45, 7) is 1.57. The molecule has 0 radical (unpaired) electrons. The summed E-state index contributed by atoms with van der Waals surface area (Å²) in [6.07, 6.45) is 4.16. The van der Waals surface area contributed by atoms with Crippen LogP contribution in [0.25, 0.3) is 0 Å². The summed E-state index contributed by atoms with van der Waals surface area (Å²) in [5.41, 5.74) is 0. The first kappa shape index (κ1) is 15.3. The average molecular weight is 233 g/mol. The summed E-state index contributed by atoms with van der Waals surface area (Å²) < 4.78 is 4.97. The molecule has 0 aromatic rings. The van der Waals surface area contributed by atoms with Crippen LogP contribution in [0.15, 0.2) is 0 Å². The second-order valence-electron chi connectivity index (χ2n) is 3.57. The van der Waals surface area contributed by atoms with Gasteiger partial charge in [-0.25, -0.2) is 0 Å². The SMILES string of the molecule is O=C(CCOCCO)NCCCCCCO. The fourth-order valence-corrected chi connectivity index (χ4v) is 1.24. The number of aliphatic hydroxyl groups excluding tert-OH is 2. The molecule has 0 unspecified atom stereocenters. The van der Waals surface area contributed by atoms with E-state index in [1.54, 1.807) is 0 Å².